The van der Waals surface area contributed by atoms with Crippen molar-refractivity contribution in [2.75, 3.05) is 0 Å². The van der Waals surface area contributed by atoms with Crippen LogP contribution >= 0.6 is 0 Å². The minimum atomic E-state index is -2.58. The highest BCUT2D eigenvalue weighted by molar-refractivity contribution is 6.73. The van der Waals surface area contributed by atoms with Crippen molar-refractivity contribution < 1.29 is 4.11 Å². The van der Waals surface area contributed by atoms with Crippen LogP contribution in [0.15, 0.2) is 43.0 Å². The Balaban J connectivity index is 2.70. The van der Waals surface area contributed by atoms with Gasteiger partial charge in [0, 0.05) is 0 Å². The van der Waals surface area contributed by atoms with Gasteiger partial charge in [-0.2, -0.15) is 0 Å². The Kier molecular flexibility index (Phi) is 4.08. The number of benzene rings is 1. The smallest absolute Gasteiger partial charge is 0.254 e. The summed E-state index contributed by atoms with van der Waals surface area (Å²) in [7, 11) is -2.58. The Bertz CT molecular complexity index is 284. The number of hydrogen-bond acceptors (Lipinski definition) is 0. The van der Waals surface area contributed by atoms with Crippen LogP contribution in [-0.4, -0.2) is 8.41 Å². The zero-order chi connectivity index (χ0) is 10.4. The van der Waals surface area contributed by atoms with Crippen molar-refractivity contribution in [2.24, 2.45) is 0 Å². The van der Waals surface area contributed by atoms with E-state index >= 15 is 0 Å². The van der Waals surface area contributed by atoms with Gasteiger partial charge >= 0.3 is 0 Å². The van der Waals surface area contributed by atoms with E-state index < -0.39 is 8.41 Å². The summed E-state index contributed by atoms with van der Waals surface area (Å²) in [6.07, 6.45) is 1.72. The number of rotatable bonds is 5. The fourth-order valence-corrected chi connectivity index (χ4v) is 3.73. The van der Waals surface area contributed by atoms with Gasteiger partial charge < -0.3 is 4.11 Å². The lowest BCUT2D eigenvalue weighted by Gasteiger charge is -2.18. The zero-order valence-electron chi connectivity index (χ0n) is 8.67. The van der Waals surface area contributed by atoms with Crippen LogP contribution in [0.3, 0.4) is 0 Å². The predicted molar refractivity (Wildman–Crippen MR) is 62.5 cm³/mol. The first-order valence-electron chi connectivity index (χ1n) is 5.04. The quantitative estimate of drug-likeness (QED) is 0.391. The largest absolute Gasteiger partial charge is 0.313 e. The molecule has 0 amide bonds. The molecule has 0 aliphatic rings. The van der Waals surface area contributed by atoms with Gasteiger partial charge in [-0.15, -0.1) is 6.58 Å². The normalized spacial score (nSPS) is 14.7. The topological polar surface area (TPSA) is 0 Å². The highest BCUT2D eigenvalue weighted by Crippen LogP contribution is 2.22. The summed E-state index contributed by atoms with van der Waals surface area (Å²) < 4.78 is 14.3. The average molecular weight is 208 g/mol. The molecule has 0 aliphatic heterocycles. The standard InChI is InChI=1S/C12H17FSi/c1-3-10-14(13,4-2)11-12-8-6-5-7-9-12/h3,5-9H,1,4,10-11H2,2H3. The van der Waals surface area contributed by atoms with E-state index in [2.05, 4.69) is 6.58 Å². The van der Waals surface area contributed by atoms with Crippen molar-refractivity contribution in [1.82, 2.24) is 0 Å². The van der Waals surface area contributed by atoms with Crippen molar-refractivity contribution >= 4 is 8.41 Å². The van der Waals surface area contributed by atoms with Crippen LogP contribution in [0, 0.1) is 0 Å². The molecule has 76 valence electrons. The molecule has 0 heterocycles. The molecule has 0 saturated heterocycles. The second kappa shape index (κ2) is 5.10. The maximum atomic E-state index is 14.3. The summed E-state index contributed by atoms with van der Waals surface area (Å²) in [4.78, 5) is 0. The summed E-state index contributed by atoms with van der Waals surface area (Å²) in [5.41, 5.74) is 1.12. The fourth-order valence-electron chi connectivity index (χ4n) is 1.56. The van der Waals surface area contributed by atoms with E-state index in [0.717, 1.165) is 5.56 Å². The lowest BCUT2D eigenvalue weighted by atomic mass is 10.2. The van der Waals surface area contributed by atoms with Gasteiger partial charge in [-0.3, -0.25) is 0 Å². The summed E-state index contributed by atoms with van der Waals surface area (Å²) >= 11 is 0. The first kappa shape index (κ1) is 11.2. The van der Waals surface area contributed by atoms with Crippen LogP contribution in [0.5, 0.6) is 0 Å². The van der Waals surface area contributed by atoms with Crippen molar-refractivity contribution in [1.29, 1.82) is 0 Å². The molecule has 0 nitrogen and oxygen atoms in total. The van der Waals surface area contributed by atoms with Crippen LogP contribution in [0.4, 0.5) is 4.11 Å². The van der Waals surface area contributed by atoms with Gasteiger partial charge in [0.25, 0.3) is 8.41 Å². The van der Waals surface area contributed by atoms with Gasteiger partial charge in [0.15, 0.2) is 0 Å². The molecule has 0 aromatic heterocycles. The van der Waals surface area contributed by atoms with Crippen molar-refractivity contribution in [3.05, 3.63) is 48.6 Å². The second-order valence-corrected chi connectivity index (χ2v) is 7.43. The fraction of sp³-hybridized carbons (Fsp3) is 0.333. The first-order chi connectivity index (χ1) is 6.70. The molecule has 1 aromatic rings. The summed E-state index contributed by atoms with van der Waals surface area (Å²) in [5, 5.41) is 0. The molecule has 0 bridgehead atoms. The molecule has 0 radical (unpaired) electrons. The van der Waals surface area contributed by atoms with Gasteiger partial charge in [-0.1, -0.05) is 43.3 Å². The van der Waals surface area contributed by atoms with Gasteiger partial charge in [-0.25, -0.2) is 0 Å². The Morgan fingerprint density at radius 2 is 2.00 bits per heavy atom. The minimum Gasteiger partial charge on any atom is -0.313 e. The van der Waals surface area contributed by atoms with E-state index in [1.165, 1.54) is 0 Å². The molecule has 1 atom stereocenters. The van der Waals surface area contributed by atoms with Gasteiger partial charge in [-0.05, 0) is 23.7 Å². The summed E-state index contributed by atoms with van der Waals surface area (Å²) in [6, 6.07) is 11.8. The molecule has 1 aromatic carbocycles. The lowest BCUT2D eigenvalue weighted by molar-refractivity contribution is 0.756. The molecule has 2 heteroatoms. The number of halogens is 1. The van der Waals surface area contributed by atoms with Crippen LogP contribution in [-0.2, 0) is 6.04 Å². The third kappa shape index (κ3) is 3.11. The first-order valence-corrected chi connectivity index (χ1v) is 7.54. The Morgan fingerprint density at radius 1 is 1.36 bits per heavy atom. The van der Waals surface area contributed by atoms with Gasteiger partial charge in [0.2, 0.25) is 0 Å². The van der Waals surface area contributed by atoms with E-state index in [0.29, 0.717) is 18.1 Å². The lowest BCUT2D eigenvalue weighted by Crippen LogP contribution is -2.30. The van der Waals surface area contributed by atoms with Crippen LogP contribution in [0.1, 0.15) is 12.5 Å². The summed E-state index contributed by atoms with van der Waals surface area (Å²) in [6.45, 7) is 5.57. The van der Waals surface area contributed by atoms with Crippen LogP contribution < -0.4 is 0 Å². The van der Waals surface area contributed by atoms with E-state index in [9.17, 15) is 4.11 Å². The molecule has 1 rings (SSSR count). The number of hydrogen-bond donors (Lipinski definition) is 0. The molecule has 0 N–H and O–H groups in total. The molecule has 14 heavy (non-hydrogen) atoms. The van der Waals surface area contributed by atoms with Crippen molar-refractivity contribution in [3.8, 4) is 0 Å². The number of allylic oxidation sites excluding steroid dienone is 1. The molecular formula is C12H17FSi. The predicted octanol–water partition coefficient (Wildman–Crippen LogP) is 3.89. The van der Waals surface area contributed by atoms with Gasteiger partial charge in [0.05, 0.1) is 0 Å². The Labute approximate surface area is 86.7 Å². The molecule has 0 spiro atoms. The minimum absolute atomic E-state index is 0.568. The Hall–Kier alpha value is -0.893. The van der Waals surface area contributed by atoms with E-state index in [1.54, 1.807) is 6.08 Å². The third-order valence-corrected chi connectivity index (χ3v) is 5.84. The second-order valence-electron chi connectivity index (χ2n) is 3.66. The maximum absolute atomic E-state index is 14.3. The zero-order valence-corrected chi connectivity index (χ0v) is 9.67. The molecular weight excluding hydrogens is 191 g/mol. The maximum Gasteiger partial charge on any atom is 0.254 e. The van der Waals surface area contributed by atoms with Gasteiger partial charge in [0.1, 0.15) is 0 Å². The highest BCUT2D eigenvalue weighted by Gasteiger charge is 2.30. The van der Waals surface area contributed by atoms with Crippen LogP contribution in [0.25, 0.3) is 0 Å². The van der Waals surface area contributed by atoms with E-state index in [-0.39, 0.29) is 0 Å². The van der Waals surface area contributed by atoms with E-state index in [4.69, 9.17) is 0 Å². The third-order valence-electron chi connectivity index (χ3n) is 2.51. The van der Waals surface area contributed by atoms with Crippen LogP contribution in [0.2, 0.25) is 12.1 Å². The summed E-state index contributed by atoms with van der Waals surface area (Å²) in [5.74, 6) is 0. The molecule has 0 fully saturated rings. The monoisotopic (exact) mass is 208 g/mol. The molecule has 0 saturated carbocycles. The molecule has 1 unspecified atom stereocenters. The SMILES string of the molecule is C=CC[Si](F)(CC)Cc1ccccc1. The van der Waals surface area contributed by atoms with Crippen molar-refractivity contribution in [2.45, 2.75) is 25.1 Å². The van der Waals surface area contributed by atoms with Crippen molar-refractivity contribution in [3.63, 3.8) is 0 Å². The highest BCUT2D eigenvalue weighted by atomic mass is 28.4. The van der Waals surface area contributed by atoms with E-state index in [1.807, 2.05) is 37.3 Å². The Morgan fingerprint density at radius 3 is 2.50 bits per heavy atom. The average Bonchev–Trinajstić information content (AvgIpc) is 2.20. The molecule has 0 aliphatic carbocycles.